The van der Waals surface area contributed by atoms with Crippen molar-refractivity contribution in [1.82, 2.24) is 4.98 Å². The van der Waals surface area contributed by atoms with Gasteiger partial charge in [0.25, 0.3) is 0 Å². The minimum atomic E-state index is -4.75. The lowest BCUT2D eigenvalue weighted by Crippen LogP contribution is -2.14. The molecule has 43 heavy (non-hydrogen) atoms. The Morgan fingerprint density at radius 3 is 2.23 bits per heavy atom. The zero-order valence-electron chi connectivity index (χ0n) is 22.8. The average molecular weight is 584 g/mol. The van der Waals surface area contributed by atoms with Crippen LogP contribution in [0.25, 0.3) is 17.0 Å². The molecule has 5 aromatic rings. The number of carboxylic acid groups (broad SMARTS) is 1. The number of benzene rings is 4. The molecule has 1 heterocycles. The summed E-state index contributed by atoms with van der Waals surface area (Å²) in [6.45, 7) is 1.77. The second-order valence-electron chi connectivity index (χ2n) is 9.63. The van der Waals surface area contributed by atoms with E-state index in [1.54, 1.807) is 42.5 Å². The van der Waals surface area contributed by atoms with Crippen LogP contribution in [-0.4, -0.2) is 21.8 Å². The van der Waals surface area contributed by atoms with Gasteiger partial charge >= 0.3 is 12.1 Å². The maximum atomic E-state index is 13.8. The van der Waals surface area contributed by atoms with Crippen LogP contribution in [0.4, 0.5) is 13.2 Å². The third kappa shape index (κ3) is 6.73. The van der Waals surface area contributed by atoms with Gasteiger partial charge in [-0.15, -0.1) is 0 Å². The van der Waals surface area contributed by atoms with E-state index >= 15 is 0 Å². The number of rotatable bonds is 9. The predicted octanol–water partition coefficient (Wildman–Crippen LogP) is 8.34. The molecule has 0 aliphatic carbocycles. The summed E-state index contributed by atoms with van der Waals surface area (Å²) in [6.07, 6.45) is -2.07. The molecule has 0 amide bonds. The highest BCUT2D eigenvalue weighted by Gasteiger charge is 2.36. The Bertz CT molecular complexity index is 1830. The number of nitrogens with zero attached hydrogens (tertiary/aromatic N) is 1. The molecule has 1 N–H and O–H groups in total. The molecule has 0 radical (unpaired) electrons. The Hall–Kier alpha value is -5.44. The third-order valence-corrected chi connectivity index (χ3v) is 6.58. The van der Waals surface area contributed by atoms with Crippen LogP contribution >= 0.6 is 0 Å². The summed E-state index contributed by atoms with van der Waals surface area (Å²) in [6, 6.07) is 25.4. The van der Waals surface area contributed by atoms with Crippen molar-refractivity contribution < 1.29 is 37.3 Å². The van der Waals surface area contributed by atoms with Crippen LogP contribution in [0, 0.1) is 0 Å². The molecular formula is C34H24F3NO5. The zero-order valence-corrected chi connectivity index (χ0v) is 22.8. The van der Waals surface area contributed by atoms with Crippen LogP contribution in [0.3, 0.4) is 0 Å². The molecule has 0 spiro atoms. The number of fused-ring (bicyclic) bond motifs is 1. The van der Waals surface area contributed by atoms with Gasteiger partial charge in [-0.25, -0.2) is 4.79 Å². The largest absolute Gasteiger partial charge is 0.489 e. The van der Waals surface area contributed by atoms with Crippen molar-refractivity contribution in [2.24, 2.45) is 0 Å². The highest BCUT2D eigenvalue weighted by molar-refractivity contribution is 6.14. The van der Waals surface area contributed by atoms with Gasteiger partial charge in [0.1, 0.15) is 23.9 Å². The summed E-state index contributed by atoms with van der Waals surface area (Å²) >= 11 is 0. The normalized spacial score (nSPS) is 11.8. The first-order valence-electron chi connectivity index (χ1n) is 13.1. The first-order valence-corrected chi connectivity index (χ1v) is 13.1. The van der Waals surface area contributed by atoms with Gasteiger partial charge in [0, 0.05) is 28.8 Å². The molecule has 5 rings (SSSR count). The number of pyridine rings is 1. The minimum absolute atomic E-state index is 0.0200. The van der Waals surface area contributed by atoms with Crippen LogP contribution in [0.2, 0.25) is 0 Å². The summed E-state index contributed by atoms with van der Waals surface area (Å²) in [4.78, 5) is 29.2. The summed E-state index contributed by atoms with van der Waals surface area (Å²) in [5, 5.41) is 9.52. The van der Waals surface area contributed by atoms with Crippen LogP contribution in [-0.2, 0) is 17.6 Å². The third-order valence-electron chi connectivity index (χ3n) is 6.58. The molecule has 0 fully saturated rings. The molecule has 0 unspecified atom stereocenters. The van der Waals surface area contributed by atoms with Crippen LogP contribution < -0.4 is 9.47 Å². The van der Waals surface area contributed by atoms with Gasteiger partial charge in [-0.1, -0.05) is 60.7 Å². The standard InChI is InChI=1S/C34H24F3NO5/c1-21(33(40)41)17-22-11-13-24(14-12-22)43-32-27-16-15-25(42-20-23-7-3-2-4-8-23)18-30(27)38-19-28(32)31(39)26-9-5-6-10-29(26)34(35,36)37/h2-19H,20H2,1H3,(H,40,41)/b21-17+. The number of hydrogen-bond acceptors (Lipinski definition) is 5. The number of carbonyl (C=O) groups is 2. The van der Waals surface area contributed by atoms with Gasteiger partial charge in [0.05, 0.1) is 16.6 Å². The fraction of sp³-hybridized carbons (Fsp3) is 0.0882. The van der Waals surface area contributed by atoms with Crippen molar-refractivity contribution in [3.63, 3.8) is 0 Å². The lowest BCUT2D eigenvalue weighted by atomic mass is 9.97. The van der Waals surface area contributed by atoms with Crippen LogP contribution in [0.1, 0.15) is 39.5 Å². The number of aliphatic carboxylic acids is 1. The van der Waals surface area contributed by atoms with Crippen molar-refractivity contribution >= 4 is 28.7 Å². The fourth-order valence-corrected chi connectivity index (χ4v) is 4.39. The highest BCUT2D eigenvalue weighted by Crippen LogP contribution is 2.38. The second kappa shape index (κ2) is 12.2. The smallest absolute Gasteiger partial charge is 0.417 e. The average Bonchev–Trinajstić information content (AvgIpc) is 3.00. The maximum absolute atomic E-state index is 13.8. The van der Waals surface area contributed by atoms with Gasteiger partial charge in [0.2, 0.25) is 0 Å². The van der Waals surface area contributed by atoms with E-state index in [4.69, 9.17) is 14.6 Å². The number of ketones is 1. The van der Waals surface area contributed by atoms with E-state index < -0.39 is 29.1 Å². The Balaban J connectivity index is 1.56. The Morgan fingerprint density at radius 2 is 1.53 bits per heavy atom. The predicted molar refractivity (Wildman–Crippen MR) is 155 cm³/mol. The monoisotopic (exact) mass is 583 g/mol. The topological polar surface area (TPSA) is 85.7 Å². The SMILES string of the molecule is C/C(=C\c1ccc(Oc2c(C(=O)c3ccccc3C(F)(F)F)cnc3cc(OCc4ccccc4)ccc23)cc1)C(=O)O. The molecule has 0 aliphatic rings. The number of alkyl halides is 3. The number of carboxylic acids is 1. The molecule has 0 aliphatic heterocycles. The molecular weight excluding hydrogens is 559 g/mol. The minimum Gasteiger partial charge on any atom is -0.489 e. The molecule has 0 saturated carbocycles. The number of aromatic nitrogens is 1. The van der Waals surface area contributed by atoms with Gasteiger partial charge in [0.15, 0.2) is 5.78 Å². The quantitative estimate of drug-likeness (QED) is 0.139. The van der Waals surface area contributed by atoms with Gasteiger partial charge in [-0.2, -0.15) is 13.2 Å². The maximum Gasteiger partial charge on any atom is 0.417 e. The molecule has 1 aromatic heterocycles. The lowest BCUT2D eigenvalue weighted by Gasteiger charge is -2.16. The van der Waals surface area contributed by atoms with E-state index in [1.165, 1.54) is 31.3 Å². The van der Waals surface area contributed by atoms with Gasteiger partial charge in [-0.05, 0) is 54.5 Å². The highest BCUT2D eigenvalue weighted by atomic mass is 19.4. The first kappa shape index (κ1) is 29.1. The Labute approximate surface area is 244 Å². The van der Waals surface area contributed by atoms with Crippen LogP contribution in [0.15, 0.2) is 109 Å². The number of carbonyl (C=O) groups excluding carboxylic acids is 1. The molecule has 216 valence electrons. The number of ether oxygens (including phenoxy) is 2. The molecule has 0 saturated heterocycles. The first-order chi connectivity index (χ1) is 20.6. The molecule has 4 aromatic carbocycles. The molecule has 9 heteroatoms. The fourth-order valence-electron chi connectivity index (χ4n) is 4.39. The van der Waals surface area contributed by atoms with Gasteiger partial charge in [-0.3, -0.25) is 9.78 Å². The zero-order chi connectivity index (χ0) is 30.6. The van der Waals surface area contributed by atoms with Crippen molar-refractivity contribution in [2.75, 3.05) is 0 Å². The van der Waals surface area contributed by atoms with Gasteiger partial charge < -0.3 is 14.6 Å². The summed E-state index contributed by atoms with van der Waals surface area (Å²) in [7, 11) is 0. The Morgan fingerprint density at radius 1 is 0.860 bits per heavy atom. The summed E-state index contributed by atoms with van der Waals surface area (Å²) < 4.78 is 53.4. The summed E-state index contributed by atoms with van der Waals surface area (Å²) in [5.74, 6) is -1.16. The van der Waals surface area contributed by atoms with Crippen LogP contribution in [0.5, 0.6) is 17.2 Å². The van der Waals surface area contributed by atoms with E-state index in [0.717, 1.165) is 17.7 Å². The number of hydrogen-bond donors (Lipinski definition) is 1. The molecule has 0 atom stereocenters. The van der Waals surface area contributed by atoms with E-state index in [2.05, 4.69) is 4.98 Å². The Kier molecular flexibility index (Phi) is 8.25. The van der Waals surface area contributed by atoms with Crippen molar-refractivity contribution in [3.8, 4) is 17.2 Å². The van der Waals surface area contributed by atoms with Crippen molar-refractivity contribution in [1.29, 1.82) is 0 Å². The van der Waals surface area contributed by atoms with Crippen molar-refractivity contribution in [2.45, 2.75) is 19.7 Å². The van der Waals surface area contributed by atoms with Crippen molar-refractivity contribution in [3.05, 3.63) is 137 Å². The lowest BCUT2D eigenvalue weighted by molar-refractivity contribution is -0.138. The van der Waals surface area contributed by atoms with E-state index in [9.17, 15) is 22.8 Å². The summed E-state index contributed by atoms with van der Waals surface area (Å²) in [5.41, 5.74) is 0.332. The number of halogens is 3. The molecule has 6 nitrogen and oxygen atoms in total. The second-order valence-corrected chi connectivity index (χ2v) is 9.63. The van der Waals surface area contributed by atoms with E-state index in [0.29, 0.717) is 28.8 Å². The van der Waals surface area contributed by atoms with E-state index in [1.807, 2.05) is 30.3 Å². The van der Waals surface area contributed by atoms with E-state index in [-0.39, 0.29) is 22.6 Å². The molecule has 0 bridgehead atoms.